The number of hydrogen-bond donors (Lipinski definition) is 2. The van der Waals surface area contributed by atoms with Crippen LogP contribution in [0.3, 0.4) is 0 Å². The molecule has 2 rings (SSSR count). The number of carbonyl (C=O) groups is 2. The van der Waals surface area contributed by atoms with E-state index in [1.807, 2.05) is 21.6 Å². The minimum atomic E-state index is -0.806. The van der Waals surface area contributed by atoms with Crippen molar-refractivity contribution in [3.63, 3.8) is 0 Å². The molecule has 1 heterocycles. The van der Waals surface area contributed by atoms with Crippen molar-refractivity contribution in [1.29, 1.82) is 0 Å². The van der Waals surface area contributed by atoms with Gasteiger partial charge in [-0.3, -0.25) is 9.69 Å². The molecule has 0 bridgehead atoms. The highest BCUT2D eigenvalue weighted by atomic mass is 32.2. The monoisotopic (exact) mass is 315 g/mol. The summed E-state index contributed by atoms with van der Waals surface area (Å²) in [5.41, 5.74) is 0. The van der Waals surface area contributed by atoms with Gasteiger partial charge in [0.15, 0.2) is 0 Å². The smallest absolute Gasteiger partial charge is 0.317 e. The van der Waals surface area contributed by atoms with E-state index in [-0.39, 0.29) is 17.3 Å². The van der Waals surface area contributed by atoms with Gasteiger partial charge in [0.1, 0.15) is 0 Å². The van der Waals surface area contributed by atoms with Crippen LogP contribution >= 0.6 is 11.8 Å². The third kappa shape index (κ3) is 4.51. The largest absolute Gasteiger partial charge is 0.480 e. The van der Waals surface area contributed by atoms with E-state index >= 15 is 0 Å². The van der Waals surface area contributed by atoms with Gasteiger partial charge in [0.2, 0.25) is 0 Å². The molecule has 0 radical (unpaired) electrons. The summed E-state index contributed by atoms with van der Waals surface area (Å²) < 4.78 is 0.247. The number of rotatable bonds is 5. The number of urea groups is 1. The second-order valence-corrected chi connectivity index (χ2v) is 7.18. The Bertz CT molecular complexity index is 382. The molecular weight excluding hydrogens is 290 g/mol. The summed E-state index contributed by atoms with van der Waals surface area (Å²) >= 11 is 1.85. The van der Waals surface area contributed by atoms with Crippen molar-refractivity contribution in [2.24, 2.45) is 0 Å². The molecule has 1 aliphatic carbocycles. The molecule has 2 aliphatic rings. The molecular formula is C14H25N3O3S. The van der Waals surface area contributed by atoms with E-state index in [2.05, 4.69) is 11.6 Å². The van der Waals surface area contributed by atoms with E-state index in [0.717, 1.165) is 19.5 Å². The normalized spacial score (nSPS) is 22.2. The topological polar surface area (TPSA) is 72.9 Å². The van der Waals surface area contributed by atoms with Crippen LogP contribution in [-0.4, -0.2) is 77.2 Å². The predicted octanol–water partition coefficient (Wildman–Crippen LogP) is 1.07. The number of carboxylic acid groups (broad SMARTS) is 1. The van der Waals surface area contributed by atoms with E-state index in [1.165, 1.54) is 19.3 Å². The van der Waals surface area contributed by atoms with Gasteiger partial charge in [-0.05, 0) is 25.5 Å². The van der Waals surface area contributed by atoms with Gasteiger partial charge >= 0.3 is 12.0 Å². The molecule has 0 aromatic carbocycles. The zero-order chi connectivity index (χ0) is 15.3. The van der Waals surface area contributed by atoms with Crippen molar-refractivity contribution in [3.05, 3.63) is 0 Å². The Morgan fingerprint density at radius 2 is 1.95 bits per heavy atom. The molecule has 0 spiro atoms. The second kappa shape index (κ2) is 7.35. The first kappa shape index (κ1) is 16.4. The van der Waals surface area contributed by atoms with Crippen molar-refractivity contribution < 1.29 is 14.7 Å². The highest BCUT2D eigenvalue weighted by molar-refractivity contribution is 8.00. The SMILES string of the molecule is CSC1(CNC(=O)N2CCCN(CC(=O)O)CC2)CCC1. The molecule has 21 heavy (non-hydrogen) atoms. The van der Waals surface area contributed by atoms with Crippen molar-refractivity contribution in [2.75, 3.05) is 45.5 Å². The number of hydrogen-bond acceptors (Lipinski definition) is 4. The summed E-state index contributed by atoms with van der Waals surface area (Å²) in [6.45, 7) is 3.48. The molecule has 1 saturated heterocycles. The minimum Gasteiger partial charge on any atom is -0.480 e. The summed E-state index contributed by atoms with van der Waals surface area (Å²) in [7, 11) is 0. The summed E-state index contributed by atoms with van der Waals surface area (Å²) in [5.74, 6) is -0.806. The average molecular weight is 315 g/mol. The first-order valence-electron chi connectivity index (χ1n) is 7.57. The number of carbonyl (C=O) groups excluding carboxylic acids is 1. The Morgan fingerprint density at radius 3 is 2.52 bits per heavy atom. The Kier molecular flexibility index (Phi) is 5.75. The summed E-state index contributed by atoms with van der Waals surface area (Å²) in [6.07, 6.45) is 6.56. The molecule has 7 heteroatoms. The van der Waals surface area contributed by atoms with Gasteiger partial charge in [0, 0.05) is 37.5 Å². The van der Waals surface area contributed by atoms with Crippen molar-refractivity contribution in [1.82, 2.24) is 15.1 Å². The van der Waals surface area contributed by atoms with Gasteiger partial charge in [0.05, 0.1) is 6.54 Å². The van der Waals surface area contributed by atoms with E-state index in [0.29, 0.717) is 19.6 Å². The van der Waals surface area contributed by atoms with Gasteiger partial charge in [-0.15, -0.1) is 0 Å². The highest BCUT2D eigenvalue weighted by Crippen LogP contribution is 2.42. The maximum absolute atomic E-state index is 12.3. The molecule has 2 amide bonds. The molecule has 2 N–H and O–H groups in total. The number of nitrogens with zero attached hydrogens (tertiary/aromatic N) is 2. The number of carboxylic acids is 1. The van der Waals surface area contributed by atoms with Gasteiger partial charge in [-0.2, -0.15) is 11.8 Å². The van der Waals surface area contributed by atoms with Crippen molar-refractivity contribution in [3.8, 4) is 0 Å². The van der Waals surface area contributed by atoms with Crippen LogP contribution in [0, 0.1) is 0 Å². The zero-order valence-electron chi connectivity index (χ0n) is 12.6. The lowest BCUT2D eigenvalue weighted by molar-refractivity contribution is -0.138. The van der Waals surface area contributed by atoms with Crippen LogP contribution < -0.4 is 5.32 Å². The van der Waals surface area contributed by atoms with Crippen molar-refractivity contribution in [2.45, 2.75) is 30.4 Å². The molecule has 6 nitrogen and oxygen atoms in total. The quantitative estimate of drug-likeness (QED) is 0.794. The number of thioether (sulfide) groups is 1. The zero-order valence-corrected chi connectivity index (χ0v) is 13.5. The Morgan fingerprint density at radius 1 is 1.19 bits per heavy atom. The van der Waals surface area contributed by atoms with Gasteiger partial charge in [-0.25, -0.2) is 4.79 Å². The summed E-state index contributed by atoms with van der Waals surface area (Å²) in [4.78, 5) is 26.7. The van der Waals surface area contributed by atoms with Crippen LogP contribution in [0.5, 0.6) is 0 Å². The third-order valence-corrected chi connectivity index (χ3v) is 5.91. The van der Waals surface area contributed by atoms with E-state index < -0.39 is 5.97 Å². The van der Waals surface area contributed by atoms with Crippen molar-refractivity contribution >= 4 is 23.8 Å². The molecule has 0 atom stereocenters. The Balaban J connectivity index is 1.76. The standard InChI is InChI=1S/C14H25N3O3S/c1-21-14(4-2-5-14)11-15-13(20)17-7-3-6-16(8-9-17)10-12(18)19/h2-11H2,1H3,(H,15,20)(H,18,19). The summed E-state index contributed by atoms with van der Waals surface area (Å²) in [5, 5.41) is 11.9. The fraction of sp³-hybridized carbons (Fsp3) is 0.857. The maximum atomic E-state index is 12.3. The molecule has 0 unspecified atom stereocenters. The molecule has 2 fully saturated rings. The highest BCUT2D eigenvalue weighted by Gasteiger charge is 2.36. The van der Waals surface area contributed by atoms with Crippen LogP contribution in [0.25, 0.3) is 0 Å². The lowest BCUT2D eigenvalue weighted by Crippen LogP contribution is -2.50. The molecule has 1 aliphatic heterocycles. The van der Waals surface area contributed by atoms with Crippen LogP contribution in [-0.2, 0) is 4.79 Å². The Labute approximate surface area is 130 Å². The average Bonchev–Trinajstić information content (AvgIpc) is 2.63. The third-order valence-electron chi connectivity index (χ3n) is 4.49. The molecule has 120 valence electrons. The van der Waals surface area contributed by atoms with E-state index in [1.54, 1.807) is 0 Å². The van der Waals surface area contributed by atoms with Gasteiger partial charge < -0.3 is 15.3 Å². The molecule has 0 aromatic rings. The van der Waals surface area contributed by atoms with E-state index in [9.17, 15) is 9.59 Å². The fourth-order valence-electron chi connectivity index (χ4n) is 2.90. The number of amides is 2. The first-order chi connectivity index (χ1) is 10.0. The molecule has 0 aromatic heterocycles. The predicted molar refractivity (Wildman–Crippen MR) is 83.8 cm³/mol. The fourth-order valence-corrected chi connectivity index (χ4v) is 3.81. The maximum Gasteiger partial charge on any atom is 0.317 e. The summed E-state index contributed by atoms with van der Waals surface area (Å²) in [6, 6.07) is -0.00694. The Hall–Kier alpha value is -0.950. The second-order valence-electron chi connectivity index (χ2n) is 5.91. The van der Waals surface area contributed by atoms with Crippen LogP contribution in [0.15, 0.2) is 0 Å². The lowest BCUT2D eigenvalue weighted by atomic mass is 9.84. The van der Waals surface area contributed by atoms with Crippen LogP contribution in [0.4, 0.5) is 4.79 Å². The first-order valence-corrected chi connectivity index (χ1v) is 8.79. The molecule has 1 saturated carbocycles. The van der Waals surface area contributed by atoms with Gasteiger partial charge in [-0.1, -0.05) is 6.42 Å². The number of nitrogens with one attached hydrogen (secondary N) is 1. The van der Waals surface area contributed by atoms with Crippen LogP contribution in [0.2, 0.25) is 0 Å². The van der Waals surface area contributed by atoms with Gasteiger partial charge in [0.25, 0.3) is 0 Å². The van der Waals surface area contributed by atoms with Crippen LogP contribution in [0.1, 0.15) is 25.7 Å². The number of aliphatic carboxylic acids is 1. The lowest BCUT2D eigenvalue weighted by Gasteiger charge is -2.40. The minimum absolute atomic E-state index is 0.00694. The van der Waals surface area contributed by atoms with E-state index in [4.69, 9.17) is 5.11 Å².